The molecule has 0 N–H and O–H groups in total. The zero-order valence-corrected chi connectivity index (χ0v) is 62.2. The van der Waals surface area contributed by atoms with Crippen LogP contribution in [0.1, 0.15) is 0 Å². The lowest BCUT2D eigenvalue weighted by molar-refractivity contribution is 1.18. The van der Waals surface area contributed by atoms with E-state index in [-0.39, 0.29) is 0 Å². The Bertz CT molecular complexity index is 9030. The van der Waals surface area contributed by atoms with Gasteiger partial charge in [-0.25, -0.2) is 0 Å². The summed E-state index contributed by atoms with van der Waals surface area (Å²) in [6, 6.07) is 135. The maximum Gasteiger partial charge on any atom is 0.0628 e. The quantitative estimate of drug-likeness (QED) is 0.168. The fourth-order valence-corrected chi connectivity index (χ4v) is 22.5. The number of hydrogen-bond donors (Lipinski definition) is 0. The molecule has 8 nitrogen and oxygen atoms in total. The molecule has 12 aromatic heterocycles. The van der Waals surface area contributed by atoms with Gasteiger partial charge >= 0.3 is 0 Å². The van der Waals surface area contributed by atoms with Crippen LogP contribution in [0.2, 0.25) is 0 Å². The van der Waals surface area contributed by atoms with Gasteiger partial charge in [-0.2, -0.15) is 0 Å². The van der Waals surface area contributed by atoms with Crippen molar-refractivity contribution >= 4 is 240 Å². The molecule has 0 saturated carbocycles. The Labute approximate surface area is 657 Å². The molecule has 30 aromatic rings. The van der Waals surface area contributed by atoms with Crippen LogP contribution in [0.4, 0.5) is 0 Å². The van der Waals surface area contributed by atoms with Gasteiger partial charge in [-0.1, -0.05) is 218 Å². The summed E-state index contributed by atoms with van der Waals surface area (Å²) >= 11 is 0. The van der Waals surface area contributed by atoms with Crippen molar-refractivity contribution in [1.82, 2.24) is 35.9 Å². The summed E-state index contributed by atoms with van der Waals surface area (Å²) in [6.07, 6.45) is 0. The van der Waals surface area contributed by atoms with Gasteiger partial charge in [-0.3, -0.25) is 0 Å². The van der Waals surface area contributed by atoms with Crippen molar-refractivity contribution in [2.24, 2.45) is 0 Å². The van der Waals surface area contributed by atoms with E-state index in [0.29, 0.717) is 0 Å². The summed E-state index contributed by atoms with van der Waals surface area (Å²) in [7, 11) is 0. The zero-order valence-electron chi connectivity index (χ0n) is 62.2. The summed E-state index contributed by atoms with van der Waals surface area (Å²) < 4.78 is 20.1. The standard InChI is InChI=1S/2C54H30N4/c1-3-15-31(16-4-1)55-43-25-13-9-21-35(43)49-47(55)28-37-33-19-7-11-23-41(33)57-45-30-46-40(27-39(45)51(49)53(37)57)52-50-36-22-10-14-26-44(36)56(32-17-5-2-6-18-32)48(50)29-38-34-20-8-12-24-42(34)58(46)54(38)52;1-3-15-31(16-4-1)55-41-23-11-7-19-33(41)49-47(55)28-39-37-27-38-40-29-48-50(34-20-8-12-24-42(34)56(48)32-17-5-2-6-18-32)52-36-22-10-14-26-44(36)58(54(40)52)46(38)30-45(37)57-43-25-13-9-21-35(43)51(49)53(39)57/h2*1-30H. The molecule has 0 aliphatic carbocycles. The van der Waals surface area contributed by atoms with Crippen LogP contribution in [0.5, 0.6) is 0 Å². The van der Waals surface area contributed by atoms with Gasteiger partial charge in [-0.15, -0.1) is 0 Å². The highest BCUT2D eigenvalue weighted by Crippen LogP contribution is 2.55. The van der Waals surface area contributed by atoms with Crippen molar-refractivity contribution in [2.75, 3.05) is 0 Å². The fourth-order valence-electron chi connectivity index (χ4n) is 22.5. The molecule has 18 aromatic carbocycles. The number of hydrogen-bond acceptors (Lipinski definition) is 0. The first-order valence-electron chi connectivity index (χ1n) is 40.2. The lowest BCUT2D eigenvalue weighted by Gasteiger charge is -2.08. The number of fused-ring (bicyclic) bond motifs is 40. The molecule has 0 spiro atoms. The monoisotopic (exact) mass is 1470 g/mol. The molecule has 30 rings (SSSR count). The summed E-state index contributed by atoms with van der Waals surface area (Å²) in [4.78, 5) is 0. The van der Waals surface area contributed by atoms with E-state index in [9.17, 15) is 0 Å². The number of para-hydroxylation sites is 12. The Kier molecular flexibility index (Phi) is 11.1. The minimum Gasteiger partial charge on any atom is -0.309 e. The van der Waals surface area contributed by atoms with Gasteiger partial charge in [0.25, 0.3) is 0 Å². The van der Waals surface area contributed by atoms with E-state index in [1.165, 1.54) is 262 Å². The van der Waals surface area contributed by atoms with Crippen LogP contribution in [-0.2, 0) is 0 Å². The third-order valence-electron chi connectivity index (χ3n) is 26.7. The van der Waals surface area contributed by atoms with Crippen LogP contribution in [0, 0.1) is 0 Å². The summed E-state index contributed by atoms with van der Waals surface area (Å²) in [5.74, 6) is 0. The van der Waals surface area contributed by atoms with Crippen LogP contribution < -0.4 is 0 Å². The van der Waals surface area contributed by atoms with Crippen LogP contribution in [0.3, 0.4) is 0 Å². The molecule has 8 heteroatoms. The largest absolute Gasteiger partial charge is 0.309 e. The van der Waals surface area contributed by atoms with Crippen molar-refractivity contribution in [1.29, 1.82) is 0 Å². The molecular formula is C108H60N8. The molecule has 12 heterocycles. The van der Waals surface area contributed by atoms with E-state index in [2.05, 4.69) is 400 Å². The van der Waals surface area contributed by atoms with Gasteiger partial charge in [0, 0.05) is 152 Å². The van der Waals surface area contributed by atoms with Crippen molar-refractivity contribution in [3.05, 3.63) is 364 Å². The van der Waals surface area contributed by atoms with Crippen molar-refractivity contribution in [2.45, 2.75) is 0 Å². The lowest BCUT2D eigenvalue weighted by Crippen LogP contribution is -1.92. The zero-order chi connectivity index (χ0) is 74.8. The van der Waals surface area contributed by atoms with Gasteiger partial charge < -0.3 is 35.9 Å². The highest BCUT2D eigenvalue weighted by Gasteiger charge is 2.32. The van der Waals surface area contributed by atoms with E-state index in [1.54, 1.807) is 0 Å². The van der Waals surface area contributed by atoms with E-state index in [1.807, 2.05) is 0 Å². The summed E-state index contributed by atoms with van der Waals surface area (Å²) in [6.45, 7) is 0. The highest BCUT2D eigenvalue weighted by molar-refractivity contribution is 6.43. The SMILES string of the molecule is c1ccc(-n2c3ccccc3c3c4c5cc6c7c8c9ccccc9n(-c9ccccc9)c8cc8c9ccccc9n(c6cc5n5c6ccccc6c(cc32)c45)c87)cc1.c1ccc(-n2c3ccccc3c3c4c5ccccc5n5c6cc7c(cc6c(cc32)c45)c2cc3c(c4ccccc4n3-c3ccccc3)c3c4ccccc4n7c23)cc1. The van der Waals surface area contributed by atoms with E-state index in [4.69, 9.17) is 0 Å². The van der Waals surface area contributed by atoms with Crippen molar-refractivity contribution in [3.8, 4) is 22.7 Å². The second-order valence-corrected chi connectivity index (χ2v) is 32.1. The molecule has 0 unspecified atom stereocenters. The maximum atomic E-state index is 2.56. The highest BCUT2D eigenvalue weighted by atomic mass is 15.0. The average Bonchev–Trinajstić information content (AvgIpc) is 1.50. The van der Waals surface area contributed by atoms with E-state index < -0.39 is 0 Å². The predicted octanol–water partition coefficient (Wildman–Crippen LogP) is 28.4. The van der Waals surface area contributed by atoms with Crippen molar-refractivity contribution in [3.63, 3.8) is 0 Å². The van der Waals surface area contributed by atoms with Crippen LogP contribution in [0.15, 0.2) is 364 Å². The van der Waals surface area contributed by atoms with Gasteiger partial charge in [0.1, 0.15) is 0 Å². The molecule has 0 bridgehead atoms. The minimum absolute atomic E-state index is 1.17. The second-order valence-electron chi connectivity index (χ2n) is 32.1. The molecule has 0 aliphatic rings. The van der Waals surface area contributed by atoms with Crippen LogP contribution in [0.25, 0.3) is 262 Å². The lowest BCUT2D eigenvalue weighted by atomic mass is 9.99. The molecular weight excluding hydrogens is 1410 g/mol. The molecule has 0 amide bonds. The fraction of sp³-hybridized carbons (Fsp3) is 0. The molecule has 116 heavy (non-hydrogen) atoms. The first kappa shape index (κ1) is 60.1. The molecule has 532 valence electrons. The van der Waals surface area contributed by atoms with Gasteiger partial charge in [0.2, 0.25) is 0 Å². The Hall–Kier alpha value is -15.6. The molecule has 0 radical (unpaired) electrons. The van der Waals surface area contributed by atoms with Crippen LogP contribution >= 0.6 is 0 Å². The summed E-state index contributed by atoms with van der Waals surface area (Å²) in [5.41, 5.74) is 29.7. The summed E-state index contributed by atoms with van der Waals surface area (Å²) in [5, 5.41) is 31.1. The number of aromatic nitrogens is 8. The molecule has 0 fully saturated rings. The number of rotatable bonds is 4. The topological polar surface area (TPSA) is 37.4 Å². The van der Waals surface area contributed by atoms with Gasteiger partial charge in [0.05, 0.1) is 110 Å². The Morgan fingerprint density at radius 2 is 0.310 bits per heavy atom. The average molecular weight is 1470 g/mol. The Balaban J connectivity index is 0.000000119. The predicted molar refractivity (Wildman–Crippen MR) is 489 cm³/mol. The first-order chi connectivity index (χ1) is 57.7. The van der Waals surface area contributed by atoms with Crippen LogP contribution in [-0.4, -0.2) is 35.9 Å². The number of benzene rings is 18. The number of nitrogens with zero attached hydrogens (tertiary/aromatic N) is 8. The Morgan fingerprint density at radius 3 is 0.595 bits per heavy atom. The smallest absolute Gasteiger partial charge is 0.0628 e. The third-order valence-corrected chi connectivity index (χ3v) is 26.7. The van der Waals surface area contributed by atoms with Gasteiger partial charge in [0.15, 0.2) is 0 Å². The minimum atomic E-state index is 1.17. The maximum absolute atomic E-state index is 2.56. The first-order valence-corrected chi connectivity index (χ1v) is 40.2. The molecule has 0 saturated heterocycles. The molecule has 0 aliphatic heterocycles. The molecule has 0 atom stereocenters. The third kappa shape index (κ3) is 7.18. The second kappa shape index (κ2) is 21.3. The van der Waals surface area contributed by atoms with Gasteiger partial charge in [-0.05, 0) is 146 Å². The van der Waals surface area contributed by atoms with E-state index in [0.717, 1.165) is 0 Å². The van der Waals surface area contributed by atoms with Crippen molar-refractivity contribution < 1.29 is 0 Å². The Morgan fingerprint density at radius 1 is 0.112 bits per heavy atom. The van der Waals surface area contributed by atoms with E-state index >= 15 is 0 Å². The normalized spacial score (nSPS) is 12.8.